The molecule has 0 bridgehead atoms. The lowest BCUT2D eigenvalue weighted by Crippen LogP contribution is -2.32. The number of rotatable bonds is 11. The first-order chi connectivity index (χ1) is 18.6. The van der Waals surface area contributed by atoms with Crippen molar-refractivity contribution in [1.82, 2.24) is 24.7 Å². The summed E-state index contributed by atoms with van der Waals surface area (Å²) in [7, 11) is -0.838. The average Bonchev–Trinajstić information content (AvgIpc) is 3.52. The Morgan fingerprint density at radius 3 is 2.23 bits per heavy atom. The second-order valence-electron chi connectivity index (χ2n) is 10.0. The number of benzene rings is 1. The summed E-state index contributed by atoms with van der Waals surface area (Å²) in [6.45, 7) is 7.11. The Balaban J connectivity index is 1.79. The number of para-hydroxylation sites is 1. The van der Waals surface area contributed by atoms with Gasteiger partial charge < -0.3 is 14.2 Å². The molecular weight excluding hydrogens is 522 g/mol. The molecule has 4 rings (SSSR count). The molecule has 210 valence electrons. The molecule has 2 heterocycles. The lowest BCUT2D eigenvalue weighted by molar-refractivity contribution is -0.117. The topological polar surface area (TPSA) is 135 Å². The van der Waals surface area contributed by atoms with E-state index in [1.54, 1.807) is 42.1 Å². The van der Waals surface area contributed by atoms with E-state index in [0.717, 1.165) is 5.56 Å². The van der Waals surface area contributed by atoms with Gasteiger partial charge in [0.25, 0.3) is 0 Å². The second kappa shape index (κ2) is 11.8. The van der Waals surface area contributed by atoms with E-state index in [0.29, 0.717) is 48.1 Å². The Kier molecular flexibility index (Phi) is 8.65. The highest BCUT2D eigenvalue weighted by atomic mass is 32.2. The number of sulfone groups is 1. The van der Waals surface area contributed by atoms with E-state index in [2.05, 4.69) is 20.2 Å². The first kappa shape index (κ1) is 28.6. The van der Waals surface area contributed by atoms with E-state index in [1.807, 2.05) is 20.8 Å². The van der Waals surface area contributed by atoms with Crippen LogP contribution in [0.1, 0.15) is 75.1 Å². The molecule has 1 saturated carbocycles. The van der Waals surface area contributed by atoms with Gasteiger partial charge in [0.05, 0.1) is 25.6 Å². The zero-order chi connectivity index (χ0) is 28.3. The molecule has 12 heteroatoms. The van der Waals surface area contributed by atoms with Crippen LogP contribution in [0.5, 0.6) is 11.5 Å². The van der Waals surface area contributed by atoms with E-state index < -0.39 is 26.9 Å². The maximum Gasteiger partial charge on any atom is 0.163 e. The third-order valence-electron chi connectivity index (χ3n) is 6.79. The summed E-state index contributed by atoms with van der Waals surface area (Å²) in [5.41, 5.74) is 1.34. The minimum Gasteiger partial charge on any atom is -0.494 e. The Morgan fingerprint density at radius 2 is 1.69 bits per heavy atom. The minimum absolute atomic E-state index is 0.135. The van der Waals surface area contributed by atoms with Gasteiger partial charge in [-0.1, -0.05) is 6.07 Å². The molecule has 0 aliphatic heterocycles. The summed E-state index contributed by atoms with van der Waals surface area (Å²) in [4.78, 5) is 20.8. The van der Waals surface area contributed by atoms with Gasteiger partial charge in [0.15, 0.2) is 21.5 Å². The molecule has 0 unspecified atom stereocenters. The number of ketones is 1. The molecule has 0 spiro atoms. The minimum atomic E-state index is -3.88. The van der Waals surface area contributed by atoms with E-state index in [1.165, 1.54) is 14.2 Å². The summed E-state index contributed by atoms with van der Waals surface area (Å²) in [6.07, 6.45) is 3.48. The van der Waals surface area contributed by atoms with Crippen LogP contribution in [0.4, 0.5) is 0 Å². The Labute approximate surface area is 228 Å². The lowest BCUT2D eigenvalue weighted by Gasteiger charge is -2.25. The number of Topliss-reactive ketones (excluding diaryl/α,β-unsaturated/α-hetero) is 1. The van der Waals surface area contributed by atoms with Gasteiger partial charge in [-0.2, -0.15) is 0 Å². The van der Waals surface area contributed by atoms with E-state index in [-0.39, 0.29) is 23.6 Å². The molecule has 0 N–H and O–H groups in total. The lowest BCUT2D eigenvalue weighted by atomic mass is 10.1. The third kappa shape index (κ3) is 6.11. The van der Waals surface area contributed by atoms with Crippen LogP contribution >= 0.6 is 0 Å². The molecule has 2 aromatic heterocycles. The largest absolute Gasteiger partial charge is 0.494 e. The van der Waals surface area contributed by atoms with Crippen molar-refractivity contribution >= 4 is 15.6 Å². The van der Waals surface area contributed by atoms with Crippen LogP contribution in [0.15, 0.2) is 30.6 Å². The molecule has 0 saturated heterocycles. The molecule has 3 aromatic rings. The number of ether oxygens (including phenoxy) is 3. The summed E-state index contributed by atoms with van der Waals surface area (Å²) >= 11 is 0. The fraction of sp³-hybridized carbons (Fsp3) is 0.519. The van der Waals surface area contributed by atoms with Gasteiger partial charge in [-0.3, -0.25) is 9.36 Å². The number of carbonyl (C=O) groups excluding carboxylic acids is 1. The maximum absolute atomic E-state index is 13.9. The van der Waals surface area contributed by atoms with Gasteiger partial charge in [0.1, 0.15) is 40.7 Å². The zero-order valence-electron chi connectivity index (χ0n) is 23.1. The van der Waals surface area contributed by atoms with E-state index >= 15 is 0 Å². The van der Waals surface area contributed by atoms with E-state index in [4.69, 9.17) is 14.2 Å². The molecule has 1 aliphatic carbocycles. The highest BCUT2D eigenvalue weighted by Gasteiger charge is 2.37. The fourth-order valence-corrected chi connectivity index (χ4v) is 6.11. The Hall–Kier alpha value is -3.38. The van der Waals surface area contributed by atoms with Gasteiger partial charge in [-0.25, -0.2) is 18.4 Å². The highest BCUT2D eigenvalue weighted by molar-refractivity contribution is 7.91. The monoisotopic (exact) mass is 557 g/mol. The predicted octanol–water partition coefficient (Wildman–Crippen LogP) is 3.69. The number of hydrogen-bond acceptors (Lipinski definition) is 10. The standard InChI is InChI=1S/C27H35N5O6S/c1-16(2)38-25(26-28-13-17(3)14-29-26)18(4)39(34,35)15-23-30-31-27(19-10-11-20(33)12-19)32(23)24-21(36-5)8-7-9-22(24)37-6/h7-9,13-14,16,18-19,25H,10-12,15H2,1-6H3/t18-,19+,25+/m0/s1. The summed E-state index contributed by atoms with van der Waals surface area (Å²) in [5, 5.41) is 7.72. The second-order valence-corrected chi connectivity index (χ2v) is 12.4. The van der Waals surface area contributed by atoms with Crippen molar-refractivity contribution in [3.8, 4) is 17.2 Å². The number of aryl methyl sites for hydroxylation is 1. The number of methoxy groups -OCH3 is 2. The number of hydrogen-bond donors (Lipinski definition) is 0. The van der Waals surface area contributed by atoms with Crippen LogP contribution in [0, 0.1) is 6.92 Å². The quantitative estimate of drug-likeness (QED) is 0.343. The maximum atomic E-state index is 13.9. The number of aromatic nitrogens is 5. The van der Waals surface area contributed by atoms with Crippen molar-refractivity contribution in [3.05, 3.63) is 53.6 Å². The molecule has 1 aliphatic rings. The number of carbonyl (C=O) groups is 1. The van der Waals surface area contributed by atoms with Crippen molar-refractivity contribution in [2.24, 2.45) is 0 Å². The zero-order valence-corrected chi connectivity index (χ0v) is 23.9. The van der Waals surface area contributed by atoms with Crippen molar-refractivity contribution < 1.29 is 27.4 Å². The molecule has 39 heavy (non-hydrogen) atoms. The molecular formula is C27H35N5O6S. The van der Waals surface area contributed by atoms with Gasteiger partial charge in [0.2, 0.25) is 0 Å². The highest BCUT2D eigenvalue weighted by Crippen LogP contribution is 2.39. The molecule has 0 amide bonds. The molecule has 3 atom stereocenters. The van der Waals surface area contributed by atoms with Crippen LogP contribution in [0.3, 0.4) is 0 Å². The van der Waals surface area contributed by atoms with Crippen molar-refractivity contribution in [1.29, 1.82) is 0 Å². The summed E-state index contributed by atoms with van der Waals surface area (Å²) in [5.74, 6) is 1.39. The predicted molar refractivity (Wildman–Crippen MR) is 144 cm³/mol. The molecule has 1 fully saturated rings. The molecule has 0 radical (unpaired) electrons. The fourth-order valence-electron chi connectivity index (χ4n) is 4.74. The smallest absolute Gasteiger partial charge is 0.163 e. The average molecular weight is 558 g/mol. The van der Waals surface area contributed by atoms with Crippen LogP contribution in [-0.2, 0) is 25.1 Å². The van der Waals surface area contributed by atoms with Crippen LogP contribution in [-0.4, -0.2) is 64.5 Å². The summed E-state index contributed by atoms with van der Waals surface area (Å²) in [6, 6.07) is 5.28. The third-order valence-corrected chi connectivity index (χ3v) is 8.83. The van der Waals surface area contributed by atoms with Crippen LogP contribution < -0.4 is 9.47 Å². The molecule has 11 nitrogen and oxygen atoms in total. The first-order valence-corrected chi connectivity index (χ1v) is 14.6. The van der Waals surface area contributed by atoms with Gasteiger partial charge >= 0.3 is 0 Å². The SMILES string of the molecule is COc1cccc(OC)c1-n1c(CS(=O)(=O)[C@@H](C)[C@@H](OC(C)C)c2ncc(C)cn2)nnc1[C@@H]1CCC(=O)C1. The van der Waals surface area contributed by atoms with Gasteiger partial charge in [-0.15, -0.1) is 10.2 Å². The Morgan fingerprint density at radius 1 is 1.05 bits per heavy atom. The van der Waals surface area contributed by atoms with Gasteiger partial charge in [-0.05, 0) is 51.8 Å². The van der Waals surface area contributed by atoms with Crippen LogP contribution in [0.2, 0.25) is 0 Å². The van der Waals surface area contributed by atoms with Crippen molar-refractivity contribution in [2.75, 3.05) is 14.2 Å². The first-order valence-electron chi connectivity index (χ1n) is 12.9. The normalized spacial score (nSPS) is 17.4. The number of nitrogens with zero attached hydrogens (tertiary/aromatic N) is 5. The van der Waals surface area contributed by atoms with Crippen LogP contribution in [0.25, 0.3) is 5.69 Å². The van der Waals surface area contributed by atoms with Crippen molar-refractivity contribution in [3.63, 3.8) is 0 Å². The van der Waals surface area contributed by atoms with Gasteiger partial charge in [0, 0.05) is 31.2 Å². The van der Waals surface area contributed by atoms with Crippen molar-refractivity contribution in [2.45, 2.75) is 76.1 Å². The molecule has 1 aromatic carbocycles. The summed E-state index contributed by atoms with van der Waals surface area (Å²) < 4.78 is 46.8. The Bertz CT molecular complexity index is 1400. The van der Waals surface area contributed by atoms with E-state index in [9.17, 15) is 13.2 Å².